The van der Waals surface area contributed by atoms with Gasteiger partial charge in [0, 0.05) is 24.5 Å². The molecule has 1 aromatic heterocycles. The van der Waals surface area contributed by atoms with Gasteiger partial charge in [-0.3, -0.25) is 19.1 Å². The number of fused-ring (bicyclic) bond motifs is 1. The van der Waals surface area contributed by atoms with Crippen LogP contribution in [0.1, 0.15) is 15.9 Å². The van der Waals surface area contributed by atoms with Crippen molar-refractivity contribution in [3.63, 3.8) is 0 Å². The predicted molar refractivity (Wildman–Crippen MR) is 97.7 cm³/mol. The van der Waals surface area contributed by atoms with Crippen LogP contribution in [0.25, 0.3) is 10.9 Å². The second-order valence-electron chi connectivity index (χ2n) is 5.74. The van der Waals surface area contributed by atoms with Crippen molar-refractivity contribution in [3.8, 4) is 0 Å². The summed E-state index contributed by atoms with van der Waals surface area (Å²) in [5.41, 5.74) is 1.88. The molecule has 0 spiro atoms. The lowest BCUT2D eigenvalue weighted by atomic mass is 10.1. The zero-order valence-electron chi connectivity index (χ0n) is 14.2. The lowest BCUT2D eigenvalue weighted by molar-refractivity contribution is -0.121. The lowest BCUT2D eigenvalue weighted by Crippen LogP contribution is -2.28. The molecule has 0 bridgehead atoms. The van der Waals surface area contributed by atoms with Crippen LogP contribution in [0.5, 0.6) is 0 Å². The van der Waals surface area contributed by atoms with Gasteiger partial charge in [-0.1, -0.05) is 24.3 Å². The van der Waals surface area contributed by atoms with Crippen LogP contribution in [0.4, 0.5) is 0 Å². The van der Waals surface area contributed by atoms with E-state index in [0.717, 1.165) is 5.56 Å². The third-order valence-electron chi connectivity index (χ3n) is 3.99. The Morgan fingerprint density at radius 1 is 1.08 bits per heavy atom. The minimum Gasteiger partial charge on any atom is -0.355 e. The summed E-state index contributed by atoms with van der Waals surface area (Å²) in [5.74, 6) is -0.376. The molecule has 0 aliphatic carbocycles. The maximum atomic E-state index is 12.2. The SMILES string of the molecule is CNC(=O)c1ccc(CNC(=O)Cn2ncc(=O)c3ccccc32)cc1. The average Bonchev–Trinajstić information content (AvgIpc) is 2.68. The number of carbonyl (C=O) groups is 2. The Morgan fingerprint density at radius 3 is 2.54 bits per heavy atom. The molecule has 0 saturated heterocycles. The second-order valence-corrected chi connectivity index (χ2v) is 5.74. The van der Waals surface area contributed by atoms with Crippen LogP contribution in [-0.2, 0) is 17.9 Å². The zero-order valence-corrected chi connectivity index (χ0v) is 14.2. The fourth-order valence-electron chi connectivity index (χ4n) is 2.60. The summed E-state index contributed by atoms with van der Waals surface area (Å²) in [7, 11) is 1.57. The average molecular weight is 350 g/mol. The Bertz CT molecular complexity index is 1010. The Morgan fingerprint density at radius 2 is 1.81 bits per heavy atom. The van der Waals surface area contributed by atoms with Crippen molar-refractivity contribution in [1.82, 2.24) is 20.4 Å². The summed E-state index contributed by atoms with van der Waals surface area (Å²) in [4.78, 5) is 35.6. The Kier molecular flexibility index (Phi) is 5.07. The van der Waals surface area contributed by atoms with Crippen LogP contribution in [0.15, 0.2) is 59.5 Å². The number of para-hydroxylation sites is 1. The molecular weight excluding hydrogens is 332 g/mol. The maximum Gasteiger partial charge on any atom is 0.251 e. The highest BCUT2D eigenvalue weighted by Crippen LogP contribution is 2.08. The molecule has 7 nitrogen and oxygen atoms in total. The molecule has 0 aliphatic heterocycles. The molecule has 26 heavy (non-hydrogen) atoms. The van der Waals surface area contributed by atoms with Gasteiger partial charge in [0.2, 0.25) is 11.3 Å². The monoisotopic (exact) mass is 350 g/mol. The fourth-order valence-corrected chi connectivity index (χ4v) is 2.60. The van der Waals surface area contributed by atoms with Crippen LogP contribution in [0.2, 0.25) is 0 Å². The molecule has 132 valence electrons. The van der Waals surface area contributed by atoms with E-state index in [9.17, 15) is 14.4 Å². The minimum absolute atomic E-state index is 0.0110. The Labute approximate surface area is 149 Å². The molecule has 7 heteroatoms. The van der Waals surface area contributed by atoms with Crippen molar-refractivity contribution in [3.05, 3.63) is 76.1 Å². The van der Waals surface area contributed by atoms with Crippen LogP contribution in [0, 0.1) is 0 Å². The predicted octanol–water partition coefficient (Wildman–Crippen LogP) is 1.07. The molecule has 0 unspecified atom stereocenters. The van der Waals surface area contributed by atoms with Gasteiger partial charge in [0.1, 0.15) is 6.54 Å². The zero-order chi connectivity index (χ0) is 18.5. The van der Waals surface area contributed by atoms with Gasteiger partial charge < -0.3 is 10.6 Å². The van der Waals surface area contributed by atoms with E-state index in [0.29, 0.717) is 23.0 Å². The first-order chi connectivity index (χ1) is 12.6. The van der Waals surface area contributed by atoms with Crippen LogP contribution in [0.3, 0.4) is 0 Å². The highest BCUT2D eigenvalue weighted by molar-refractivity contribution is 5.93. The summed E-state index contributed by atoms with van der Waals surface area (Å²) in [6.45, 7) is 0.349. The molecular formula is C19H18N4O3. The van der Waals surface area contributed by atoms with Crippen LogP contribution >= 0.6 is 0 Å². The number of aromatic nitrogens is 2. The Hall–Kier alpha value is -3.48. The van der Waals surface area contributed by atoms with Gasteiger partial charge in [-0.25, -0.2) is 0 Å². The lowest BCUT2D eigenvalue weighted by Gasteiger charge is -2.10. The first-order valence-electron chi connectivity index (χ1n) is 8.11. The summed E-state index contributed by atoms with van der Waals surface area (Å²) in [6, 6.07) is 14.0. The van der Waals surface area contributed by atoms with E-state index in [1.165, 1.54) is 10.9 Å². The molecule has 0 fully saturated rings. The first kappa shape index (κ1) is 17.3. The normalized spacial score (nSPS) is 10.5. The highest BCUT2D eigenvalue weighted by atomic mass is 16.2. The molecule has 2 N–H and O–H groups in total. The van der Waals surface area contributed by atoms with Gasteiger partial charge in [0.05, 0.1) is 11.7 Å². The van der Waals surface area contributed by atoms with Crippen molar-refractivity contribution in [2.24, 2.45) is 0 Å². The Balaban J connectivity index is 1.66. The van der Waals surface area contributed by atoms with Gasteiger partial charge in [-0.15, -0.1) is 0 Å². The van der Waals surface area contributed by atoms with E-state index in [4.69, 9.17) is 0 Å². The molecule has 3 rings (SSSR count). The summed E-state index contributed by atoms with van der Waals surface area (Å²) in [6.07, 6.45) is 1.22. The van der Waals surface area contributed by atoms with Gasteiger partial charge in [0.25, 0.3) is 5.91 Å². The quantitative estimate of drug-likeness (QED) is 0.720. The van der Waals surface area contributed by atoms with Gasteiger partial charge in [-0.05, 0) is 29.8 Å². The molecule has 1 heterocycles. The standard InChI is InChI=1S/C19H18N4O3/c1-20-19(26)14-8-6-13(7-9-14)10-21-18(25)12-23-16-5-3-2-4-15(16)17(24)11-22-23/h2-9,11H,10,12H2,1H3,(H,20,26)(H,21,25). The van der Waals surface area contributed by atoms with Crippen molar-refractivity contribution >= 4 is 22.7 Å². The summed E-state index contributed by atoms with van der Waals surface area (Å²) < 4.78 is 1.50. The fraction of sp³-hybridized carbons (Fsp3) is 0.158. The molecule has 2 aromatic carbocycles. The van der Waals surface area contributed by atoms with Gasteiger partial charge in [0.15, 0.2) is 0 Å². The number of amides is 2. The number of nitrogens with zero attached hydrogens (tertiary/aromatic N) is 2. The van der Waals surface area contributed by atoms with Crippen molar-refractivity contribution in [2.75, 3.05) is 7.05 Å². The number of rotatable bonds is 5. The van der Waals surface area contributed by atoms with E-state index >= 15 is 0 Å². The number of carbonyl (C=O) groups excluding carboxylic acids is 2. The molecule has 2 amide bonds. The first-order valence-corrected chi connectivity index (χ1v) is 8.11. The second kappa shape index (κ2) is 7.60. The van der Waals surface area contributed by atoms with Gasteiger partial charge in [-0.2, -0.15) is 5.10 Å². The minimum atomic E-state index is -0.221. The molecule has 0 saturated carbocycles. The van der Waals surface area contributed by atoms with Crippen LogP contribution in [-0.4, -0.2) is 28.6 Å². The van der Waals surface area contributed by atoms with E-state index in [2.05, 4.69) is 15.7 Å². The largest absolute Gasteiger partial charge is 0.355 e. The van der Waals surface area contributed by atoms with Gasteiger partial charge >= 0.3 is 0 Å². The third-order valence-corrected chi connectivity index (χ3v) is 3.99. The maximum absolute atomic E-state index is 12.2. The topological polar surface area (TPSA) is 93.1 Å². The number of hydrogen-bond acceptors (Lipinski definition) is 4. The highest BCUT2D eigenvalue weighted by Gasteiger charge is 2.08. The van der Waals surface area contributed by atoms with E-state index in [1.807, 2.05) is 0 Å². The number of nitrogens with one attached hydrogen (secondary N) is 2. The summed E-state index contributed by atoms with van der Waals surface area (Å²) in [5, 5.41) is 9.94. The molecule has 0 aliphatic rings. The van der Waals surface area contributed by atoms with Crippen molar-refractivity contribution in [2.45, 2.75) is 13.1 Å². The third kappa shape index (κ3) is 3.77. The molecule has 0 atom stereocenters. The molecule has 0 radical (unpaired) electrons. The smallest absolute Gasteiger partial charge is 0.251 e. The van der Waals surface area contributed by atoms with Crippen molar-refractivity contribution in [1.29, 1.82) is 0 Å². The van der Waals surface area contributed by atoms with E-state index in [1.54, 1.807) is 55.6 Å². The van der Waals surface area contributed by atoms with Crippen molar-refractivity contribution < 1.29 is 9.59 Å². The summed E-state index contributed by atoms with van der Waals surface area (Å²) >= 11 is 0. The number of benzene rings is 2. The van der Waals surface area contributed by atoms with E-state index in [-0.39, 0.29) is 23.8 Å². The number of hydrogen-bond donors (Lipinski definition) is 2. The van der Waals surface area contributed by atoms with E-state index < -0.39 is 0 Å². The van der Waals surface area contributed by atoms with Crippen LogP contribution < -0.4 is 16.1 Å². The molecule has 3 aromatic rings.